The van der Waals surface area contributed by atoms with Crippen LogP contribution in [0.2, 0.25) is 0 Å². The molecule has 0 radical (unpaired) electrons. The Bertz CT molecular complexity index is 889. The molecular weight excluding hydrogens is 342 g/mol. The number of rotatable bonds is 4. The molecule has 7 nitrogen and oxygen atoms in total. The number of hydrogen-bond donors (Lipinski definition) is 2. The van der Waals surface area contributed by atoms with E-state index in [2.05, 4.69) is 20.8 Å². The molecule has 0 bridgehead atoms. The fourth-order valence-corrected chi connectivity index (χ4v) is 3.47. The number of hydrazone groups is 1. The van der Waals surface area contributed by atoms with E-state index in [0.717, 1.165) is 41.8 Å². The Hall–Kier alpha value is -3.06. The molecule has 3 heterocycles. The summed E-state index contributed by atoms with van der Waals surface area (Å²) in [5, 5.41) is 7.64. The van der Waals surface area contributed by atoms with E-state index in [1.165, 1.54) is 0 Å². The molecule has 1 fully saturated rings. The van der Waals surface area contributed by atoms with Crippen molar-refractivity contribution in [2.24, 2.45) is 5.10 Å². The lowest BCUT2D eigenvalue weighted by Gasteiger charge is -2.27. The van der Waals surface area contributed by atoms with E-state index in [1.807, 2.05) is 41.3 Å². The summed E-state index contributed by atoms with van der Waals surface area (Å²) in [5.41, 5.74) is 7.05. The van der Waals surface area contributed by atoms with Gasteiger partial charge in [-0.05, 0) is 23.3 Å². The van der Waals surface area contributed by atoms with E-state index < -0.39 is 6.04 Å². The Morgan fingerprint density at radius 3 is 2.85 bits per heavy atom. The second kappa shape index (κ2) is 7.67. The van der Waals surface area contributed by atoms with Gasteiger partial charge in [0.25, 0.3) is 5.91 Å². The summed E-state index contributed by atoms with van der Waals surface area (Å²) in [6.45, 7) is 3.01. The van der Waals surface area contributed by atoms with Crippen LogP contribution in [0, 0.1) is 0 Å². The predicted octanol–water partition coefficient (Wildman–Crippen LogP) is 0.917. The quantitative estimate of drug-likeness (QED) is 0.789. The minimum absolute atomic E-state index is 0.0384. The van der Waals surface area contributed by atoms with Crippen molar-refractivity contribution in [1.29, 1.82) is 0 Å². The summed E-state index contributed by atoms with van der Waals surface area (Å²) in [6, 6.07) is 11.1. The Morgan fingerprint density at radius 2 is 2.04 bits per heavy atom. The van der Waals surface area contributed by atoms with E-state index in [1.54, 1.807) is 6.20 Å². The molecule has 1 amide bonds. The number of carbonyl (C=O) groups is 2. The summed E-state index contributed by atoms with van der Waals surface area (Å²) >= 11 is 0. The van der Waals surface area contributed by atoms with E-state index in [9.17, 15) is 9.59 Å². The lowest BCUT2D eigenvalue weighted by molar-refractivity contribution is -0.109. The Balaban J connectivity index is 1.56. The third kappa shape index (κ3) is 3.59. The summed E-state index contributed by atoms with van der Waals surface area (Å²) < 4.78 is 0. The fourth-order valence-electron chi connectivity index (χ4n) is 3.47. The molecule has 138 valence electrons. The lowest BCUT2D eigenvalue weighted by atomic mass is 9.93. The number of amides is 1. The molecule has 1 atom stereocenters. The van der Waals surface area contributed by atoms with Crippen LogP contribution in [0.4, 0.5) is 0 Å². The second-order valence-corrected chi connectivity index (χ2v) is 6.66. The fraction of sp³-hybridized carbons (Fsp3) is 0.300. The molecule has 0 saturated carbocycles. The number of piperazine rings is 1. The molecule has 2 N–H and O–H groups in total. The second-order valence-electron chi connectivity index (χ2n) is 6.66. The number of pyridine rings is 1. The standard InChI is InChI=1S/C20H21N5O2/c26-13-19-16-4-2-1-3-15(16)17(23-24-19)11-14-5-6-22-18(12-14)20(27)25-9-7-21-8-10-25/h1-6,12-13,19,21,24H,7-11H2. The van der Waals surface area contributed by atoms with Crippen LogP contribution in [0.15, 0.2) is 47.7 Å². The van der Waals surface area contributed by atoms with Crippen LogP contribution in [0.25, 0.3) is 0 Å². The van der Waals surface area contributed by atoms with Gasteiger partial charge in [0, 0.05) is 44.4 Å². The van der Waals surface area contributed by atoms with Crippen LogP contribution in [0.3, 0.4) is 0 Å². The van der Waals surface area contributed by atoms with Crippen molar-refractivity contribution >= 4 is 17.9 Å². The minimum atomic E-state index is -0.424. The van der Waals surface area contributed by atoms with Gasteiger partial charge in [-0.3, -0.25) is 15.2 Å². The first-order chi connectivity index (χ1) is 13.3. The topological polar surface area (TPSA) is 86.7 Å². The van der Waals surface area contributed by atoms with Crippen LogP contribution in [0.5, 0.6) is 0 Å². The molecule has 1 saturated heterocycles. The van der Waals surface area contributed by atoms with Crippen molar-refractivity contribution in [2.75, 3.05) is 26.2 Å². The molecule has 2 aromatic rings. The molecule has 2 aliphatic heterocycles. The van der Waals surface area contributed by atoms with Gasteiger partial charge in [-0.2, -0.15) is 5.10 Å². The third-order valence-corrected chi connectivity index (χ3v) is 4.90. The lowest BCUT2D eigenvalue weighted by Crippen LogP contribution is -2.46. The maximum atomic E-state index is 12.7. The van der Waals surface area contributed by atoms with Gasteiger partial charge in [0.05, 0.1) is 5.71 Å². The molecule has 27 heavy (non-hydrogen) atoms. The highest BCUT2D eigenvalue weighted by Crippen LogP contribution is 2.23. The van der Waals surface area contributed by atoms with Gasteiger partial charge in [0.1, 0.15) is 18.0 Å². The average molecular weight is 363 g/mol. The zero-order valence-electron chi connectivity index (χ0n) is 14.9. The number of hydrogen-bond acceptors (Lipinski definition) is 6. The number of nitrogens with one attached hydrogen (secondary N) is 2. The monoisotopic (exact) mass is 363 g/mol. The van der Waals surface area contributed by atoms with Crippen LogP contribution in [-0.2, 0) is 11.2 Å². The smallest absolute Gasteiger partial charge is 0.272 e. The molecule has 0 aliphatic carbocycles. The van der Waals surface area contributed by atoms with Gasteiger partial charge in [0.2, 0.25) is 0 Å². The number of aromatic nitrogens is 1. The molecule has 2 aliphatic rings. The van der Waals surface area contributed by atoms with Crippen molar-refractivity contribution in [2.45, 2.75) is 12.5 Å². The first-order valence-electron chi connectivity index (χ1n) is 9.08. The largest absolute Gasteiger partial charge is 0.335 e. The molecular formula is C20H21N5O2. The zero-order chi connectivity index (χ0) is 18.6. The number of carbonyl (C=O) groups excluding carboxylic acids is 2. The van der Waals surface area contributed by atoms with E-state index in [0.29, 0.717) is 25.2 Å². The summed E-state index contributed by atoms with van der Waals surface area (Å²) in [5.74, 6) is -0.0384. The number of aldehydes is 1. The van der Waals surface area contributed by atoms with Gasteiger partial charge in [-0.25, -0.2) is 0 Å². The molecule has 1 aromatic heterocycles. The number of nitrogens with zero attached hydrogens (tertiary/aromatic N) is 3. The Kier molecular flexibility index (Phi) is 4.93. The first-order valence-corrected chi connectivity index (χ1v) is 9.08. The van der Waals surface area contributed by atoms with Gasteiger partial charge < -0.3 is 15.0 Å². The van der Waals surface area contributed by atoms with Crippen LogP contribution in [-0.4, -0.2) is 54.0 Å². The zero-order valence-corrected chi connectivity index (χ0v) is 14.9. The van der Waals surface area contributed by atoms with Crippen molar-refractivity contribution < 1.29 is 9.59 Å². The highest BCUT2D eigenvalue weighted by atomic mass is 16.2. The number of benzene rings is 1. The summed E-state index contributed by atoms with van der Waals surface area (Å²) in [4.78, 5) is 30.0. The normalized spacial score (nSPS) is 18.9. The van der Waals surface area contributed by atoms with Crippen molar-refractivity contribution in [3.05, 3.63) is 65.0 Å². The first kappa shape index (κ1) is 17.4. The molecule has 7 heteroatoms. The molecule has 4 rings (SSSR count). The summed E-state index contributed by atoms with van der Waals surface area (Å²) in [6.07, 6.45) is 3.08. The van der Waals surface area contributed by atoms with E-state index in [4.69, 9.17) is 0 Å². The number of fused-ring (bicyclic) bond motifs is 1. The van der Waals surface area contributed by atoms with Crippen molar-refractivity contribution in [3.8, 4) is 0 Å². The van der Waals surface area contributed by atoms with E-state index >= 15 is 0 Å². The molecule has 1 aromatic carbocycles. The molecule has 1 unspecified atom stereocenters. The SMILES string of the molecule is O=CC1NN=C(Cc2ccnc(C(=O)N3CCNCC3)c2)c2ccccc21. The van der Waals surface area contributed by atoms with Gasteiger partial charge in [-0.15, -0.1) is 0 Å². The highest BCUT2D eigenvalue weighted by molar-refractivity contribution is 6.04. The van der Waals surface area contributed by atoms with Crippen LogP contribution < -0.4 is 10.7 Å². The minimum Gasteiger partial charge on any atom is -0.335 e. The maximum absolute atomic E-state index is 12.7. The Labute approximate surface area is 157 Å². The highest BCUT2D eigenvalue weighted by Gasteiger charge is 2.23. The van der Waals surface area contributed by atoms with Crippen LogP contribution in [0.1, 0.15) is 33.2 Å². The van der Waals surface area contributed by atoms with Crippen molar-refractivity contribution in [1.82, 2.24) is 20.6 Å². The average Bonchev–Trinajstić information content (AvgIpc) is 2.74. The van der Waals surface area contributed by atoms with E-state index in [-0.39, 0.29) is 5.91 Å². The van der Waals surface area contributed by atoms with Crippen LogP contribution >= 0.6 is 0 Å². The van der Waals surface area contributed by atoms with Gasteiger partial charge >= 0.3 is 0 Å². The van der Waals surface area contributed by atoms with Crippen molar-refractivity contribution in [3.63, 3.8) is 0 Å². The Morgan fingerprint density at radius 1 is 1.22 bits per heavy atom. The van der Waals surface area contributed by atoms with Gasteiger partial charge in [-0.1, -0.05) is 24.3 Å². The summed E-state index contributed by atoms with van der Waals surface area (Å²) in [7, 11) is 0. The maximum Gasteiger partial charge on any atom is 0.272 e. The third-order valence-electron chi connectivity index (χ3n) is 4.90. The molecule has 0 spiro atoms. The predicted molar refractivity (Wildman–Crippen MR) is 102 cm³/mol. The van der Waals surface area contributed by atoms with Gasteiger partial charge in [0.15, 0.2) is 0 Å².